The molecule has 3 aromatic heterocycles. The molecule has 0 unspecified atom stereocenters. The van der Waals surface area contributed by atoms with E-state index in [4.69, 9.17) is 5.73 Å². The number of hydrogen-bond donors (Lipinski definition) is 2. The summed E-state index contributed by atoms with van der Waals surface area (Å²) in [6.45, 7) is 0. The molecule has 0 aliphatic rings. The van der Waals surface area contributed by atoms with Crippen molar-refractivity contribution in [1.82, 2.24) is 29.5 Å². The number of rotatable bonds is 4. The third kappa shape index (κ3) is 2.89. The van der Waals surface area contributed by atoms with E-state index in [0.717, 1.165) is 21.6 Å². The van der Waals surface area contributed by atoms with Crippen LogP contribution in [0.25, 0.3) is 21.0 Å². The molecule has 0 amide bonds. The highest BCUT2D eigenvalue weighted by Gasteiger charge is 2.13. The van der Waals surface area contributed by atoms with Crippen LogP contribution in [0.5, 0.6) is 0 Å². The lowest BCUT2D eigenvalue weighted by molar-refractivity contribution is 0.880. The van der Waals surface area contributed by atoms with E-state index in [9.17, 15) is 0 Å². The first-order chi connectivity index (χ1) is 13.3. The topological polar surface area (TPSA) is 99.5 Å². The highest BCUT2D eigenvalue weighted by Crippen LogP contribution is 2.26. The minimum atomic E-state index is 0.282. The molecule has 9 heteroatoms. The number of nitrogen functional groups attached to an aromatic ring is 1. The van der Waals surface area contributed by atoms with Crippen molar-refractivity contribution in [1.29, 1.82) is 0 Å². The van der Waals surface area contributed by atoms with Gasteiger partial charge in [0, 0.05) is 18.1 Å². The minimum absolute atomic E-state index is 0.282. The maximum atomic E-state index is 6.04. The number of hydrogen-bond acceptors (Lipinski definition) is 7. The Morgan fingerprint density at radius 1 is 0.963 bits per heavy atom. The summed E-state index contributed by atoms with van der Waals surface area (Å²) < 4.78 is 4.42. The summed E-state index contributed by atoms with van der Waals surface area (Å²) >= 11 is 1.52. The molecule has 3 N–H and O–H groups in total. The Balaban J connectivity index is 1.41. The number of aromatic nitrogens is 6. The quantitative estimate of drug-likeness (QED) is 0.500. The van der Waals surface area contributed by atoms with Crippen LogP contribution in [0.3, 0.4) is 0 Å². The molecule has 0 atom stereocenters. The monoisotopic (exact) mass is 374 g/mol. The second-order valence-electron chi connectivity index (χ2n) is 5.79. The van der Waals surface area contributed by atoms with Crippen molar-refractivity contribution in [2.75, 3.05) is 11.1 Å². The summed E-state index contributed by atoms with van der Waals surface area (Å²) in [7, 11) is 0. The van der Waals surface area contributed by atoms with E-state index in [-0.39, 0.29) is 5.95 Å². The van der Waals surface area contributed by atoms with E-state index in [1.807, 2.05) is 60.8 Å². The predicted octanol–water partition coefficient (Wildman–Crippen LogP) is 3.39. The Morgan fingerprint density at radius 3 is 2.59 bits per heavy atom. The molecule has 0 saturated carbocycles. The summed E-state index contributed by atoms with van der Waals surface area (Å²) in [6, 6.07) is 17.6. The van der Waals surface area contributed by atoms with Gasteiger partial charge in [-0.25, -0.2) is 9.67 Å². The van der Waals surface area contributed by atoms with Crippen LogP contribution in [0, 0.1) is 0 Å². The number of benzene rings is 2. The van der Waals surface area contributed by atoms with E-state index in [0.29, 0.717) is 11.1 Å². The van der Waals surface area contributed by atoms with Gasteiger partial charge in [0.15, 0.2) is 0 Å². The van der Waals surface area contributed by atoms with Crippen LogP contribution in [0.15, 0.2) is 67.0 Å². The Morgan fingerprint density at radius 2 is 1.81 bits per heavy atom. The van der Waals surface area contributed by atoms with Gasteiger partial charge in [-0.2, -0.15) is 14.8 Å². The maximum Gasteiger partial charge on any atom is 0.248 e. The fourth-order valence-electron chi connectivity index (χ4n) is 2.72. The van der Waals surface area contributed by atoms with Gasteiger partial charge in [-0.05, 0) is 42.5 Å². The van der Waals surface area contributed by atoms with Crippen LogP contribution in [-0.2, 0) is 0 Å². The maximum absolute atomic E-state index is 6.04. The van der Waals surface area contributed by atoms with Gasteiger partial charge < -0.3 is 11.1 Å². The molecular formula is C18H14N8S. The molecule has 27 heavy (non-hydrogen) atoms. The molecule has 0 aliphatic carbocycles. The summed E-state index contributed by atoms with van der Waals surface area (Å²) in [5.74, 6) is 0.698. The molecule has 0 bridgehead atoms. The fourth-order valence-corrected chi connectivity index (χ4v) is 3.64. The van der Waals surface area contributed by atoms with E-state index < -0.39 is 0 Å². The lowest BCUT2D eigenvalue weighted by Gasteiger charge is -2.04. The molecular weight excluding hydrogens is 360 g/mol. The summed E-state index contributed by atoms with van der Waals surface area (Å²) in [4.78, 5) is 8.86. The van der Waals surface area contributed by atoms with E-state index in [2.05, 4.69) is 25.5 Å². The van der Waals surface area contributed by atoms with Crippen LogP contribution in [0.4, 0.5) is 17.6 Å². The number of fused-ring (bicyclic) bond motifs is 1. The van der Waals surface area contributed by atoms with Gasteiger partial charge in [0.2, 0.25) is 17.0 Å². The van der Waals surface area contributed by atoms with Gasteiger partial charge in [-0.1, -0.05) is 23.5 Å². The Labute approximate surface area is 157 Å². The Bertz CT molecular complexity index is 1170. The second kappa shape index (κ2) is 6.22. The van der Waals surface area contributed by atoms with Crippen molar-refractivity contribution in [3.05, 3.63) is 67.0 Å². The standard InChI is InChI=1S/C18H14N8S/c19-16-23-17(21-12-6-8-13(9-7-12)25-11-3-10-20-25)24-26(16)18-22-14-4-1-2-5-15(14)27-18/h1-11H,(H3,19,21,23,24). The van der Waals surface area contributed by atoms with Crippen molar-refractivity contribution in [3.63, 3.8) is 0 Å². The first kappa shape index (κ1) is 15.5. The summed E-state index contributed by atoms with van der Waals surface area (Å²) in [6.07, 6.45) is 3.64. The molecule has 0 radical (unpaired) electrons. The van der Waals surface area contributed by atoms with Crippen molar-refractivity contribution < 1.29 is 0 Å². The lowest BCUT2D eigenvalue weighted by Crippen LogP contribution is -2.01. The van der Waals surface area contributed by atoms with Crippen LogP contribution in [0.2, 0.25) is 0 Å². The molecule has 0 saturated heterocycles. The molecule has 3 heterocycles. The zero-order valence-corrected chi connectivity index (χ0v) is 14.8. The third-order valence-electron chi connectivity index (χ3n) is 3.99. The minimum Gasteiger partial charge on any atom is -0.368 e. The zero-order valence-electron chi connectivity index (χ0n) is 14.0. The molecule has 2 aromatic carbocycles. The smallest absolute Gasteiger partial charge is 0.248 e. The van der Waals surface area contributed by atoms with Gasteiger partial charge >= 0.3 is 0 Å². The number of nitrogens with zero attached hydrogens (tertiary/aromatic N) is 6. The second-order valence-corrected chi connectivity index (χ2v) is 6.80. The normalized spacial score (nSPS) is 11.1. The van der Waals surface area contributed by atoms with E-state index in [1.165, 1.54) is 11.3 Å². The lowest BCUT2D eigenvalue weighted by atomic mass is 10.3. The first-order valence-electron chi connectivity index (χ1n) is 8.22. The zero-order chi connectivity index (χ0) is 18.2. The van der Waals surface area contributed by atoms with Crippen molar-refractivity contribution in [2.24, 2.45) is 0 Å². The van der Waals surface area contributed by atoms with Gasteiger partial charge in [-0.15, -0.1) is 5.10 Å². The third-order valence-corrected chi connectivity index (χ3v) is 5.00. The molecule has 0 spiro atoms. The largest absolute Gasteiger partial charge is 0.368 e. The highest BCUT2D eigenvalue weighted by atomic mass is 32.1. The van der Waals surface area contributed by atoms with Crippen molar-refractivity contribution in [3.8, 4) is 10.8 Å². The highest BCUT2D eigenvalue weighted by molar-refractivity contribution is 7.20. The van der Waals surface area contributed by atoms with E-state index in [1.54, 1.807) is 15.6 Å². The number of para-hydroxylation sites is 1. The average Bonchev–Trinajstić information content (AvgIpc) is 3.41. The van der Waals surface area contributed by atoms with E-state index >= 15 is 0 Å². The van der Waals surface area contributed by atoms with Crippen LogP contribution in [-0.4, -0.2) is 29.5 Å². The Kier molecular flexibility index (Phi) is 3.58. The van der Waals surface area contributed by atoms with Gasteiger partial charge in [0.05, 0.1) is 15.9 Å². The number of thiazole rings is 1. The van der Waals surface area contributed by atoms with Crippen LogP contribution < -0.4 is 11.1 Å². The van der Waals surface area contributed by atoms with Crippen molar-refractivity contribution >= 4 is 39.1 Å². The molecule has 0 fully saturated rings. The number of nitrogens with one attached hydrogen (secondary N) is 1. The molecule has 132 valence electrons. The fraction of sp³-hybridized carbons (Fsp3) is 0. The Hall–Kier alpha value is -3.72. The van der Waals surface area contributed by atoms with Gasteiger partial charge in [-0.3, -0.25) is 0 Å². The average molecular weight is 374 g/mol. The number of nitrogens with two attached hydrogens (primary N) is 1. The predicted molar refractivity (Wildman–Crippen MR) is 106 cm³/mol. The van der Waals surface area contributed by atoms with Crippen molar-refractivity contribution in [2.45, 2.75) is 0 Å². The molecule has 5 aromatic rings. The molecule has 0 aliphatic heterocycles. The van der Waals surface area contributed by atoms with Crippen LogP contribution >= 0.6 is 11.3 Å². The van der Waals surface area contributed by atoms with Gasteiger partial charge in [0.25, 0.3) is 0 Å². The molecule has 5 rings (SSSR count). The number of anilines is 3. The molecule has 8 nitrogen and oxygen atoms in total. The first-order valence-corrected chi connectivity index (χ1v) is 9.03. The SMILES string of the molecule is Nc1nc(Nc2ccc(-n3cccn3)cc2)nn1-c1nc2ccccc2s1. The summed E-state index contributed by atoms with van der Waals surface area (Å²) in [5, 5.41) is 12.5. The summed E-state index contributed by atoms with van der Waals surface area (Å²) in [5.41, 5.74) is 8.78. The van der Waals surface area contributed by atoms with Gasteiger partial charge in [0.1, 0.15) is 0 Å². The van der Waals surface area contributed by atoms with Crippen LogP contribution in [0.1, 0.15) is 0 Å².